The second kappa shape index (κ2) is 12.7. The molecule has 39 heavy (non-hydrogen) atoms. The Kier molecular flexibility index (Phi) is 8.90. The molecular formula is C33H30O6. The first kappa shape index (κ1) is 27.3. The van der Waals surface area contributed by atoms with E-state index in [1.807, 2.05) is 39.0 Å². The molecule has 0 aliphatic rings. The maximum absolute atomic E-state index is 11.2. The van der Waals surface area contributed by atoms with Gasteiger partial charge < -0.3 is 14.2 Å². The fourth-order valence-corrected chi connectivity index (χ4v) is 4.54. The van der Waals surface area contributed by atoms with Crippen LogP contribution >= 0.6 is 0 Å². The van der Waals surface area contributed by atoms with Gasteiger partial charge in [0.15, 0.2) is 0 Å². The number of aldehydes is 3. The van der Waals surface area contributed by atoms with Crippen molar-refractivity contribution in [1.29, 1.82) is 0 Å². The van der Waals surface area contributed by atoms with Crippen LogP contribution in [0.1, 0.15) is 64.5 Å². The number of rotatable bonds is 12. The Bertz CT molecular complexity index is 1300. The molecule has 4 aromatic carbocycles. The minimum Gasteiger partial charge on any atom is -0.489 e. The lowest BCUT2D eigenvalue weighted by Gasteiger charge is -2.23. The highest BCUT2D eigenvalue weighted by Crippen LogP contribution is 2.31. The van der Waals surface area contributed by atoms with E-state index >= 15 is 0 Å². The van der Waals surface area contributed by atoms with Crippen LogP contribution in [0.3, 0.4) is 0 Å². The quantitative estimate of drug-likeness (QED) is 0.191. The molecule has 0 bridgehead atoms. The minimum atomic E-state index is 0.293. The maximum Gasteiger partial charge on any atom is 0.150 e. The zero-order chi connectivity index (χ0) is 27.8. The van der Waals surface area contributed by atoms with Crippen molar-refractivity contribution in [3.8, 4) is 17.2 Å². The van der Waals surface area contributed by atoms with Crippen LogP contribution in [0.15, 0.2) is 72.8 Å². The molecule has 0 saturated heterocycles. The Balaban J connectivity index is 1.67. The van der Waals surface area contributed by atoms with E-state index < -0.39 is 0 Å². The van der Waals surface area contributed by atoms with Crippen molar-refractivity contribution in [3.63, 3.8) is 0 Å². The van der Waals surface area contributed by atoms with E-state index in [0.717, 1.165) is 52.2 Å². The van der Waals surface area contributed by atoms with E-state index in [2.05, 4.69) is 0 Å². The van der Waals surface area contributed by atoms with Crippen LogP contribution in [0.2, 0.25) is 0 Å². The zero-order valence-electron chi connectivity index (χ0n) is 22.2. The van der Waals surface area contributed by atoms with Gasteiger partial charge in [-0.2, -0.15) is 0 Å². The second-order valence-electron chi connectivity index (χ2n) is 9.25. The fourth-order valence-electron chi connectivity index (χ4n) is 4.54. The average molecular weight is 523 g/mol. The van der Waals surface area contributed by atoms with Crippen LogP contribution in [-0.4, -0.2) is 18.9 Å². The summed E-state index contributed by atoms with van der Waals surface area (Å²) in [6, 6.07) is 21.1. The van der Waals surface area contributed by atoms with Gasteiger partial charge in [-0.1, -0.05) is 36.4 Å². The van der Waals surface area contributed by atoms with Crippen molar-refractivity contribution in [2.75, 3.05) is 0 Å². The Hall–Kier alpha value is -4.71. The highest BCUT2D eigenvalue weighted by atomic mass is 16.5. The van der Waals surface area contributed by atoms with Crippen LogP contribution < -0.4 is 14.2 Å². The highest BCUT2D eigenvalue weighted by molar-refractivity contribution is 5.76. The molecule has 0 amide bonds. The number of ether oxygens (including phenoxy) is 3. The normalized spacial score (nSPS) is 10.5. The monoisotopic (exact) mass is 522 g/mol. The van der Waals surface area contributed by atoms with Gasteiger partial charge in [-0.25, -0.2) is 0 Å². The first-order valence-electron chi connectivity index (χ1n) is 12.6. The smallest absolute Gasteiger partial charge is 0.150 e. The minimum absolute atomic E-state index is 0.293. The van der Waals surface area contributed by atoms with Crippen LogP contribution in [-0.2, 0) is 19.8 Å². The zero-order valence-corrected chi connectivity index (χ0v) is 22.2. The van der Waals surface area contributed by atoms with E-state index in [1.54, 1.807) is 54.6 Å². The topological polar surface area (TPSA) is 78.9 Å². The number of hydrogen-bond acceptors (Lipinski definition) is 6. The first-order valence-corrected chi connectivity index (χ1v) is 12.6. The van der Waals surface area contributed by atoms with E-state index in [-0.39, 0.29) is 0 Å². The molecule has 4 aromatic rings. The summed E-state index contributed by atoms with van der Waals surface area (Å²) < 4.78 is 18.3. The van der Waals surface area contributed by atoms with Crippen molar-refractivity contribution in [3.05, 3.63) is 123 Å². The van der Waals surface area contributed by atoms with Gasteiger partial charge in [0.05, 0.1) is 0 Å². The largest absolute Gasteiger partial charge is 0.489 e. The molecule has 0 N–H and O–H groups in total. The Labute approximate surface area is 228 Å². The van der Waals surface area contributed by atoms with Gasteiger partial charge in [0.25, 0.3) is 0 Å². The first-order chi connectivity index (χ1) is 18.9. The lowest BCUT2D eigenvalue weighted by molar-refractivity contribution is 0.111. The van der Waals surface area contributed by atoms with Crippen molar-refractivity contribution < 1.29 is 28.6 Å². The molecule has 0 fully saturated rings. The van der Waals surface area contributed by atoms with E-state index in [0.29, 0.717) is 53.8 Å². The summed E-state index contributed by atoms with van der Waals surface area (Å²) >= 11 is 0. The molecule has 0 aliphatic carbocycles. The van der Waals surface area contributed by atoms with Gasteiger partial charge in [-0.05, 0) is 90.6 Å². The van der Waals surface area contributed by atoms with Crippen LogP contribution in [0.25, 0.3) is 0 Å². The van der Waals surface area contributed by atoms with E-state index in [9.17, 15) is 14.4 Å². The molecule has 198 valence electrons. The summed E-state index contributed by atoms with van der Waals surface area (Å²) in [5.41, 5.74) is 7.74. The van der Waals surface area contributed by atoms with Crippen LogP contribution in [0.5, 0.6) is 17.2 Å². The predicted molar refractivity (Wildman–Crippen MR) is 149 cm³/mol. The number of benzene rings is 4. The third-order valence-corrected chi connectivity index (χ3v) is 6.85. The second-order valence-corrected chi connectivity index (χ2v) is 9.25. The molecular weight excluding hydrogens is 492 g/mol. The molecule has 0 atom stereocenters. The molecule has 0 saturated carbocycles. The van der Waals surface area contributed by atoms with Crippen LogP contribution in [0, 0.1) is 20.8 Å². The van der Waals surface area contributed by atoms with Crippen molar-refractivity contribution >= 4 is 18.9 Å². The fraction of sp³-hybridized carbons (Fsp3) is 0.182. The highest BCUT2D eigenvalue weighted by Gasteiger charge is 2.19. The van der Waals surface area contributed by atoms with Crippen molar-refractivity contribution in [1.82, 2.24) is 0 Å². The van der Waals surface area contributed by atoms with Gasteiger partial charge in [0, 0.05) is 16.7 Å². The molecule has 0 unspecified atom stereocenters. The lowest BCUT2D eigenvalue weighted by Crippen LogP contribution is -2.13. The summed E-state index contributed by atoms with van der Waals surface area (Å²) in [5, 5.41) is 0. The maximum atomic E-state index is 11.2. The Morgan fingerprint density at radius 1 is 0.487 bits per heavy atom. The average Bonchev–Trinajstić information content (AvgIpc) is 2.97. The predicted octanol–water partition coefficient (Wildman–Crippen LogP) is 6.79. The standard InChI is InChI=1S/C33H30O6/c1-22-31(19-37-28-10-4-7-25(13-28)16-34)23(2)33(21-39-30-12-6-9-27(15-30)18-36)24(3)32(22)20-38-29-11-5-8-26(14-29)17-35/h4-18H,19-21H2,1-3H3. The summed E-state index contributed by atoms with van der Waals surface area (Å²) in [6.45, 7) is 7.00. The third kappa shape index (κ3) is 6.60. The number of hydrogen-bond donors (Lipinski definition) is 0. The lowest BCUT2D eigenvalue weighted by atomic mass is 9.89. The van der Waals surface area contributed by atoms with Crippen molar-refractivity contribution in [2.45, 2.75) is 40.6 Å². The summed E-state index contributed by atoms with van der Waals surface area (Å²) in [7, 11) is 0. The van der Waals surface area contributed by atoms with Crippen LogP contribution in [0.4, 0.5) is 0 Å². The molecule has 4 rings (SSSR count). The Morgan fingerprint density at radius 3 is 1.03 bits per heavy atom. The van der Waals surface area contributed by atoms with Gasteiger partial charge in [0.1, 0.15) is 55.9 Å². The summed E-state index contributed by atoms with van der Waals surface area (Å²) in [6.07, 6.45) is 2.37. The SMILES string of the molecule is Cc1c(COc2cccc(C=O)c2)c(C)c(COc2cccc(C=O)c2)c(C)c1COc1cccc(C=O)c1. The molecule has 6 heteroatoms. The van der Waals surface area contributed by atoms with E-state index in [4.69, 9.17) is 14.2 Å². The number of carbonyl (C=O) groups is 3. The molecule has 0 spiro atoms. The number of carbonyl (C=O) groups excluding carboxylic acids is 3. The van der Waals surface area contributed by atoms with Gasteiger partial charge in [-0.15, -0.1) is 0 Å². The third-order valence-electron chi connectivity index (χ3n) is 6.85. The van der Waals surface area contributed by atoms with E-state index in [1.165, 1.54) is 0 Å². The summed E-state index contributed by atoms with van der Waals surface area (Å²) in [4.78, 5) is 33.6. The molecule has 6 nitrogen and oxygen atoms in total. The summed E-state index contributed by atoms with van der Waals surface area (Å²) in [5.74, 6) is 1.81. The van der Waals surface area contributed by atoms with Gasteiger partial charge in [0.2, 0.25) is 0 Å². The molecule has 0 aliphatic heterocycles. The molecule has 0 aromatic heterocycles. The van der Waals surface area contributed by atoms with Gasteiger partial charge in [-0.3, -0.25) is 14.4 Å². The molecule has 0 heterocycles. The Morgan fingerprint density at radius 2 is 0.769 bits per heavy atom. The van der Waals surface area contributed by atoms with Crippen molar-refractivity contribution in [2.24, 2.45) is 0 Å². The van der Waals surface area contributed by atoms with Gasteiger partial charge >= 0.3 is 0 Å². The molecule has 0 radical (unpaired) electrons.